The van der Waals surface area contributed by atoms with E-state index < -0.39 is 39.0 Å². The van der Waals surface area contributed by atoms with E-state index in [1.165, 1.54) is 24.9 Å². The number of nitrogens with one attached hydrogen (secondary N) is 2. The second-order valence-corrected chi connectivity index (χ2v) is 11.7. The van der Waals surface area contributed by atoms with E-state index in [1.807, 2.05) is 0 Å². The number of aromatic nitrogens is 5. The van der Waals surface area contributed by atoms with Gasteiger partial charge in [0, 0.05) is 13.0 Å². The Morgan fingerprint density at radius 1 is 1.16 bits per heavy atom. The minimum absolute atomic E-state index is 0.0463. The molecule has 2 bridgehead atoms. The molecule has 3 aromatic rings. The van der Waals surface area contributed by atoms with Crippen molar-refractivity contribution >= 4 is 33.3 Å². The van der Waals surface area contributed by atoms with E-state index in [1.54, 1.807) is 12.1 Å². The minimum Gasteiger partial charge on any atom is -0.441 e. The number of hydrogen-bond donors (Lipinski definition) is 2. The van der Waals surface area contributed by atoms with Crippen molar-refractivity contribution < 1.29 is 31.5 Å². The van der Waals surface area contributed by atoms with Crippen molar-refractivity contribution in [1.82, 2.24) is 25.0 Å². The van der Waals surface area contributed by atoms with Gasteiger partial charge >= 0.3 is 6.09 Å². The maximum absolute atomic E-state index is 13.9. The number of sulfone groups is 1. The van der Waals surface area contributed by atoms with Gasteiger partial charge in [-0.15, -0.1) is 5.10 Å². The molecule has 0 spiro atoms. The van der Waals surface area contributed by atoms with Crippen LogP contribution in [0, 0.1) is 23.6 Å². The highest BCUT2D eigenvalue weighted by molar-refractivity contribution is 7.92. The van der Waals surface area contributed by atoms with Gasteiger partial charge in [0.15, 0.2) is 21.3 Å². The maximum Gasteiger partial charge on any atom is 0.413 e. The largest absolute Gasteiger partial charge is 0.441 e. The Hall–Kier alpha value is -4.01. The Kier molecular flexibility index (Phi) is 6.54. The average molecular weight is 548 g/mol. The standard InChI is InChI=1S/C23H23F2N7O5S/c1-11(16-6-13(24)8-27-20(16)25)37-23(34)29-21-19(30-31-32(21)2)18-4-3-14(9-26-18)28-22(33)17-7-15-5-12(17)10-38(15,35)36/h3-4,6,8-9,11-12,15,17H,5,7,10H2,1-2H3,(H,28,33)(H,29,34)/t11-,12-,15?,17+/m1/s1. The predicted octanol–water partition coefficient (Wildman–Crippen LogP) is 2.62. The first-order valence-electron chi connectivity index (χ1n) is 11.7. The van der Waals surface area contributed by atoms with Crippen LogP contribution in [0.3, 0.4) is 0 Å². The Balaban J connectivity index is 1.24. The van der Waals surface area contributed by atoms with Crippen LogP contribution in [-0.2, 0) is 26.4 Å². The number of hydrogen-bond acceptors (Lipinski definition) is 9. The van der Waals surface area contributed by atoms with Gasteiger partial charge in [0.2, 0.25) is 11.9 Å². The lowest BCUT2D eigenvalue weighted by atomic mass is 9.97. The van der Waals surface area contributed by atoms with Gasteiger partial charge < -0.3 is 10.1 Å². The summed E-state index contributed by atoms with van der Waals surface area (Å²) in [5, 5.41) is 12.7. The summed E-state index contributed by atoms with van der Waals surface area (Å²) in [6.07, 6.45) is 0.873. The number of rotatable bonds is 6. The van der Waals surface area contributed by atoms with E-state index in [4.69, 9.17) is 4.74 Å². The number of carbonyl (C=O) groups excluding carboxylic acids is 2. The third kappa shape index (κ3) is 4.92. The van der Waals surface area contributed by atoms with Crippen molar-refractivity contribution in [2.45, 2.75) is 31.1 Å². The van der Waals surface area contributed by atoms with Crippen LogP contribution in [0.5, 0.6) is 0 Å². The Labute approximate surface area is 215 Å². The van der Waals surface area contributed by atoms with E-state index in [0.29, 0.717) is 30.4 Å². The van der Waals surface area contributed by atoms with Crippen molar-refractivity contribution in [1.29, 1.82) is 0 Å². The van der Waals surface area contributed by atoms with Gasteiger partial charge in [-0.1, -0.05) is 5.21 Å². The molecule has 4 heterocycles. The van der Waals surface area contributed by atoms with Crippen LogP contribution >= 0.6 is 0 Å². The summed E-state index contributed by atoms with van der Waals surface area (Å²) < 4.78 is 57.6. The summed E-state index contributed by atoms with van der Waals surface area (Å²) in [5.41, 5.74) is 0.717. The monoisotopic (exact) mass is 547 g/mol. The highest BCUT2D eigenvalue weighted by Gasteiger charge is 2.51. The molecule has 15 heteroatoms. The highest BCUT2D eigenvalue weighted by atomic mass is 32.2. The molecular weight excluding hydrogens is 524 g/mol. The Bertz CT molecular complexity index is 1510. The molecule has 0 aromatic carbocycles. The normalized spacial score (nSPS) is 22.2. The van der Waals surface area contributed by atoms with E-state index in [2.05, 4.69) is 30.9 Å². The SMILES string of the molecule is C[C@@H](OC(=O)Nc1c(-c2ccc(NC(=O)[C@H]3CC4C[C@@H]3CS4(=O)=O)cn2)nnn1C)c1cc(F)cnc1F. The molecule has 1 aliphatic heterocycles. The Morgan fingerprint density at radius 3 is 2.61 bits per heavy atom. The summed E-state index contributed by atoms with van der Waals surface area (Å²) >= 11 is 0. The molecule has 1 unspecified atom stereocenters. The van der Waals surface area contributed by atoms with Crippen LogP contribution in [0.15, 0.2) is 30.6 Å². The van der Waals surface area contributed by atoms with Gasteiger partial charge in [-0.05, 0) is 43.9 Å². The van der Waals surface area contributed by atoms with Gasteiger partial charge in [-0.3, -0.25) is 15.1 Å². The fraction of sp³-hybridized carbons (Fsp3) is 0.391. The number of nitrogens with zero attached hydrogens (tertiary/aromatic N) is 5. The first-order chi connectivity index (χ1) is 18.0. The third-order valence-electron chi connectivity index (χ3n) is 6.82. The second-order valence-electron chi connectivity index (χ2n) is 9.33. The molecule has 2 amide bonds. The van der Waals surface area contributed by atoms with E-state index >= 15 is 0 Å². The molecule has 2 fully saturated rings. The van der Waals surface area contributed by atoms with Crippen molar-refractivity contribution in [2.75, 3.05) is 16.4 Å². The fourth-order valence-corrected chi connectivity index (χ4v) is 7.17. The molecule has 4 atom stereocenters. The topological polar surface area (TPSA) is 158 Å². The number of anilines is 2. The second kappa shape index (κ2) is 9.70. The summed E-state index contributed by atoms with van der Waals surface area (Å²) in [7, 11) is -1.56. The van der Waals surface area contributed by atoms with Crippen LogP contribution in [0.1, 0.15) is 31.4 Å². The van der Waals surface area contributed by atoms with Gasteiger partial charge in [-0.25, -0.2) is 27.3 Å². The van der Waals surface area contributed by atoms with Crippen molar-refractivity contribution in [3.05, 3.63) is 47.9 Å². The lowest BCUT2D eigenvalue weighted by Crippen LogP contribution is -2.33. The van der Waals surface area contributed by atoms with Crippen LogP contribution in [0.2, 0.25) is 0 Å². The quantitative estimate of drug-likeness (QED) is 0.443. The smallest absolute Gasteiger partial charge is 0.413 e. The first kappa shape index (κ1) is 25.6. The first-order valence-corrected chi connectivity index (χ1v) is 13.4. The molecular formula is C23H23F2N7O5S. The number of carbonyl (C=O) groups is 2. The van der Waals surface area contributed by atoms with Gasteiger partial charge in [-0.2, -0.15) is 4.39 Å². The van der Waals surface area contributed by atoms with Gasteiger partial charge in [0.05, 0.1) is 40.3 Å². The lowest BCUT2D eigenvalue weighted by Gasteiger charge is -2.20. The van der Waals surface area contributed by atoms with E-state index in [-0.39, 0.29) is 40.6 Å². The molecule has 5 rings (SSSR count). The molecule has 3 aromatic heterocycles. The van der Waals surface area contributed by atoms with Crippen LogP contribution in [0.25, 0.3) is 11.4 Å². The van der Waals surface area contributed by atoms with Crippen LogP contribution < -0.4 is 10.6 Å². The third-order valence-corrected chi connectivity index (χ3v) is 9.11. The summed E-state index contributed by atoms with van der Waals surface area (Å²) in [6, 6.07) is 4.06. The molecule has 1 saturated carbocycles. The number of fused-ring (bicyclic) bond motifs is 2. The molecule has 2 aliphatic rings. The summed E-state index contributed by atoms with van der Waals surface area (Å²) in [4.78, 5) is 32.8. The molecule has 1 saturated heterocycles. The van der Waals surface area contributed by atoms with Crippen molar-refractivity contribution in [3.8, 4) is 11.4 Å². The Morgan fingerprint density at radius 2 is 1.95 bits per heavy atom. The molecule has 2 N–H and O–H groups in total. The predicted molar refractivity (Wildman–Crippen MR) is 129 cm³/mol. The zero-order valence-electron chi connectivity index (χ0n) is 20.3. The van der Waals surface area contributed by atoms with E-state index in [0.717, 1.165) is 6.07 Å². The molecule has 200 valence electrons. The minimum atomic E-state index is -3.08. The van der Waals surface area contributed by atoms with Crippen LogP contribution in [0.4, 0.5) is 25.1 Å². The fourth-order valence-electron chi connectivity index (χ4n) is 4.89. The summed E-state index contributed by atoms with van der Waals surface area (Å²) in [5.74, 6) is -2.32. The lowest BCUT2D eigenvalue weighted by molar-refractivity contribution is -0.120. The number of amides is 2. The van der Waals surface area contributed by atoms with Crippen LogP contribution in [-0.4, -0.2) is 56.4 Å². The van der Waals surface area contributed by atoms with Crippen molar-refractivity contribution in [3.63, 3.8) is 0 Å². The molecule has 12 nitrogen and oxygen atoms in total. The molecule has 38 heavy (non-hydrogen) atoms. The van der Waals surface area contributed by atoms with Gasteiger partial charge in [0.25, 0.3) is 0 Å². The molecule has 1 aliphatic carbocycles. The average Bonchev–Trinajstić information content (AvgIpc) is 3.53. The van der Waals surface area contributed by atoms with E-state index in [9.17, 15) is 26.8 Å². The number of halogens is 2. The highest BCUT2D eigenvalue weighted by Crippen LogP contribution is 2.44. The summed E-state index contributed by atoms with van der Waals surface area (Å²) in [6.45, 7) is 1.37. The van der Waals surface area contributed by atoms with Gasteiger partial charge in [0.1, 0.15) is 11.9 Å². The number of aryl methyl sites for hydroxylation is 1. The number of pyridine rings is 2. The maximum atomic E-state index is 13.9. The number of ether oxygens (including phenoxy) is 1. The van der Waals surface area contributed by atoms with Crippen molar-refractivity contribution in [2.24, 2.45) is 18.9 Å². The zero-order valence-corrected chi connectivity index (χ0v) is 21.1. The zero-order chi connectivity index (χ0) is 27.2. The molecule has 0 radical (unpaired) electrons.